The Morgan fingerprint density at radius 2 is 1.70 bits per heavy atom. The number of imidazole rings is 1. The van der Waals surface area contributed by atoms with E-state index in [9.17, 15) is 13.2 Å². The van der Waals surface area contributed by atoms with E-state index in [1.807, 2.05) is 53.9 Å². The molecule has 4 rings (SSSR count). The standard InChI is InChI=1S/C23H27N5O3S2/c1-18-3-9-21(10-4-18)33(30,31)28-15-13-27(14-16-28)17-22(29)25-19-5-7-20(8-6-19)32-23-24-11-12-26(23)2/h3-12H,13-17H2,1-2H3,(H,25,29). The van der Waals surface area contributed by atoms with Crippen LogP contribution in [0.15, 0.2) is 75.9 Å². The van der Waals surface area contributed by atoms with E-state index in [4.69, 9.17) is 0 Å². The van der Waals surface area contributed by atoms with Crippen LogP contribution in [0.4, 0.5) is 5.69 Å². The lowest BCUT2D eigenvalue weighted by Crippen LogP contribution is -2.50. The number of aryl methyl sites for hydroxylation is 2. The molecule has 0 radical (unpaired) electrons. The minimum atomic E-state index is -3.51. The van der Waals surface area contributed by atoms with Crippen molar-refractivity contribution in [3.8, 4) is 0 Å². The van der Waals surface area contributed by atoms with Crippen molar-refractivity contribution < 1.29 is 13.2 Å². The molecule has 0 spiro atoms. The molecule has 1 saturated heterocycles. The van der Waals surface area contributed by atoms with Gasteiger partial charge in [-0.3, -0.25) is 9.69 Å². The van der Waals surface area contributed by atoms with Crippen molar-refractivity contribution in [2.24, 2.45) is 7.05 Å². The summed E-state index contributed by atoms with van der Waals surface area (Å²) in [6.45, 7) is 3.90. The highest BCUT2D eigenvalue weighted by atomic mass is 32.2. The molecule has 0 atom stereocenters. The summed E-state index contributed by atoms with van der Waals surface area (Å²) in [5.74, 6) is -0.116. The van der Waals surface area contributed by atoms with Crippen LogP contribution in [-0.2, 0) is 21.9 Å². The van der Waals surface area contributed by atoms with Crippen molar-refractivity contribution in [1.82, 2.24) is 18.8 Å². The number of nitrogens with one attached hydrogen (secondary N) is 1. The van der Waals surface area contributed by atoms with E-state index >= 15 is 0 Å². The molecule has 1 aliphatic rings. The SMILES string of the molecule is Cc1ccc(S(=O)(=O)N2CCN(CC(=O)Nc3ccc(Sc4nccn4C)cc3)CC2)cc1. The quantitative estimate of drug-likeness (QED) is 0.554. The van der Waals surface area contributed by atoms with Gasteiger partial charge in [0.2, 0.25) is 15.9 Å². The van der Waals surface area contributed by atoms with E-state index in [-0.39, 0.29) is 12.5 Å². The highest BCUT2D eigenvalue weighted by Crippen LogP contribution is 2.26. The molecule has 0 saturated carbocycles. The van der Waals surface area contributed by atoms with Crippen LogP contribution >= 0.6 is 11.8 Å². The molecule has 0 aliphatic carbocycles. The van der Waals surface area contributed by atoms with Crippen molar-refractivity contribution in [1.29, 1.82) is 0 Å². The Bertz CT molecular complexity index is 1200. The maximum atomic E-state index is 12.8. The van der Waals surface area contributed by atoms with Crippen molar-refractivity contribution >= 4 is 33.4 Å². The number of aromatic nitrogens is 2. The number of hydrogen-bond acceptors (Lipinski definition) is 6. The monoisotopic (exact) mass is 485 g/mol. The fraction of sp³-hybridized carbons (Fsp3) is 0.304. The van der Waals surface area contributed by atoms with Crippen LogP contribution in [0, 0.1) is 6.92 Å². The molecule has 2 heterocycles. The number of piperazine rings is 1. The van der Waals surface area contributed by atoms with Crippen LogP contribution in [0.1, 0.15) is 5.56 Å². The number of sulfonamides is 1. The largest absolute Gasteiger partial charge is 0.329 e. The molecular weight excluding hydrogens is 458 g/mol. The van der Waals surface area contributed by atoms with Crippen molar-refractivity contribution in [3.63, 3.8) is 0 Å². The van der Waals surface area contributed by atoms with Gasteiger partial charge in [0.05, 0.1) is 11.4 Å². The maximum absolute atomic E-state index is 12.8. The Labute approximate surface area is 198 Å². The minimum absolute atomic E-state index is 0.116. The number of hydrogen-bond donors (Lipinski definition) is 1. The molecule has 1 fully saturated rings. The molecule has 174 valence electrons. The van der Waals surface area contributed by atoms with Gasteiger partial charge in [-0.1, -0.05) is 29.5 Å². The summed E-state index contributed by atoms with van der Waals surface area (Å²) >= 11 is 1.56. The van der Waals surface area contributed by atoms with Gasteiger partial charge in [-0.15, -0.1) is 0 Å². The zero-order valence-electron chi connectivity index (χ0n) is 18.6. The molecule has 1 N–H and O–H groups in total. The average molecular weight is 486 g/mol. The number of carbonyl (C=O) groups excluding carboxylic acids is 1. The third-order valence-corrected chi connectivity index (χ3v) is 8.48. The Kier molecular flexibility index (Phi) is 7.18. The van der Waals surface area contributed by atoms with E-state index in [1.165, 1.54) is 4.31 Å². The zero-order valence-corrected chi connectivity index (χ0v) is 20.3. The number of carbonyl (C=O) groups is 1. The van der Waals surface area contributed by atoms with E-state index in [2.05, 4.69) is 10.3 Å². The van der Waals surface area contributed by atoms with Gasteiger partial charge in [0.25, 0.3) is 0 Å². The molecule has 1 aromatic heterocycles. The first-order chi connectivity index (χ1) is 15.8. The Morgan fingerprint density at radius 1 is 1.03 bits per heavy atom. The first-order valence-corrected chi connectivity index (χ1v) is 12.9. The zero-order chi connectivity index (χ0) is 23.4. The van der Waals surface area contributed by atoms with Gasteiger partial charge in [-0.05, 0) is 43.3 Å². The Balaban J connectivity index is 1.26. The predicted molar refractivity (Wildman–Crippen MR) is 129 cm³/mol. The molecule has 10 heteroatoms. The van der Waals surface area contributed by atoms with Crippen LogP contribution in [0.3, 0.4) is 0 Å². The molecule has 0 bridgehead atoms. The molecule has 0 unspecified atom stereocenters. The van der Waals surface area contributed by atoms with Crippen LogP contribution in [-0.4, -0.2) is 65.8 Å². The summed E-state index contributed by atoms with van der Waals surface area (Å²) in [5, 5.41) is 3.82. The second-order valence-electron chi connectivity index (χ2n) is 7.99. The van der Waals surface area contributed by atoms with Gasteiger partial charge in [0, 0.05) is 56.2 Å². The Morgan fingerprint density at radius 3 is 2.30 bits per heavy atom. The summed E-state index contributed by atoms with van der Waals surface area (Å²) in [5.41, 5.74) is 1.75. The molecule has 1 amide bonds. The van der Waals surface area contributed by atoms with Crippen LogP contribution in [0.25, 0.3) is 0 Å². The number of rotatable bonds is 7. The normalized spacial score (nSPS) is 15.5. The van der Waals surface area contributed by atoms with Crippen LogP contribution < -0.4 is 5.32 Å². The highest BCUT2D eigenvalue weighted by Gasteiger charge is 2.29. The van der Waals surface area contributed by atoms with E-state index < -0.39 is 10.0 Å². The second-order valence-corrected chi connectivity index (χ2v) is 11.0. The topological polar surface area (TPSA) is 87.5 Å². The molecule has 33 heavy (non-hydrogen) atoms. The maximum Gasteiger partial charge on any atom is 0.243 e. The summed E-state index contributed by atoms with van der Waals surface area (Å²) in [4.78, 5) is 20.1. The molecule has 1 aliphatic heterocycles. The second kappa shape index (κ2) is 10.1. The summed E-state index contributed by atoms with van der Waals surface area (Å²) in [6, 6.07) is 14.5. The first-order valence-electron chi connectivity index (χ1n) is 10.7. The third-order valence-electron chi connectivity index (χ3n) is 5.48. The fourth-order valence-electron chi connectivity index (χ4n) is 3.55. The number of anilines is 1. The summed E-state index contributed by atoms with van der Waals surface area (Å²) in [7, 11) is -1.56. The predicted octanol–water partition coefficient (Wildman–Crippen LogP) is 2.82. The van der Waals surface area contributed by atoms with Gasteiger partial charge < -0.3 is 9.88 Å². The molecular formula is C23H27N5O3S2. The lowest BCUT2D eigenvalue weighted by Gasteiger charge is -2.33. The molecule has 2 aromatic carbocycles. The summed E-state index contributed by atoms with van der Waals surface area (Å²) < 4.78 is 29.1. The number of amides is 1. The number of nitrogens with zero attached hydrogens (tertiary/aromatic N) is 4. The third kappa shape index (κ3) is 5.83. The average Bonchev–Trinajstić information content (AvgIpc) is 3.20. The highest BCUT2D eigenvalue weighted by molar-refractivity contribution is 7.99. The summed E-state index contributed by atoms with van der Waals surface area (Å²) in [6.07, 6.45) is 3.66. The first kappa shape index (κ1) is 23.5. The van der Waals surface area contributed by atoms with Gasteiger partial charge >= 0.3 is 0 Å². The lowest BCUT2D eigenvalue weighted by atomic mass is 10.2. The smallest absolute Gasteiger partial charge is 0.243 e. The van der Waals surface area contributed by atoms with Gasteiger partial charge in [-0.2, -0.15) is 4.31 Å². The fourth-order valence-corrected chi connectivity index (χ4v) is 5.78. The molecule has 3 aromatic rings. The Hall–Kier alpha value is -2.66. The molecule has 8 nitrogen and oxygen atoms in total. The number of benzene rings is 2. The van der Waals surface area contributed by atoms with Crippen molar-refractivity contribution in [3.05, 3.63) is 66.5 Å². The lowest BCUT2D eigenvalue weighted by molar-refractivity contribution is -0.117. The van der Waals surface area contributed by atoms with E-state index in [0.29, 0.717) is 31.1 Å². The van der Waals surface area contributed by atoms with Gasteiger partial charge in [0.15, 0.2) is 5.16 Å². The van der Waals surface area contributed by atoms with E-state index in [1.54, 1.807) is 42.2 Å². The van der Waals surface area contributed by atoms with E-state index in [0.717, 1.165) is 21.3 Å². The van der Waals surface area contributed by atoms with Crippen LogP contribution in [0.5, 0.6) is 0 Å². The van der Waals surface area contributed by atoms with Gasteiger partial charge in [0.1, 0.15) is 0 Å². The van der Waals surface area contributed by atoms with Crippen molar-refractivity contribution in [2.75, 3.05) is 38.0 Å². The van der Waals surface area contributed by atoms with Crippen molar-refractivity contribution in [2.45, 2.75) is 21.9 Å². The van der Waals surface area contributed by atoms with Crippen LogP contribution in [0.2, 0.25) is 0 Å². The van der Waals surface area contributed by atoms with Gasteiger partial charge in [-0.25, -0.2) is 13.4 Å². The minimum Gasteiger partial charge on any atom is -0.329 e.